The van der Waals surface area contributed by atoms with Crippen LogP contribution in [0.15, 0.2) is 45.9 Å². The van der Waals surface area contributed by atoms with Gasteiger partial charge < -0.3 is 20.5 Å². The number of guanidine groups is 1. The smallest absolute Gasteiger partial charge is 0.193 e. The summed E-state index contributed by atoms with van der Waals surface area (Å²) in [6.07, 6.45) is 1.30. The lowest BCUT2D eigenvalue weighted by atomic mass is 10.1. The van der Waals surface area contributed by atoms with Crippen molar-refractivity contribution in [3.05, 3.63) is 52.3 Å². The van der Waals surface area contributed by atoms with Crippen LogP contribution in [0.5, 0.6) is 11.5 Å². The lowest BCUT2D eigenvalue weighted by Gasteiger charge is -2.11. The average Bonchev–Trinajstić information content (AvgIpc) is 2.60. The number of halogens is 3. The molecule has 0 atom stereocenters. The Morgan fingerprint density at radius 2 is 1.88 bits per heavy atom. The molecule has 0 unspecified atom stereocenters. The van der Waals surface area contributed by atoms with Gasteiger partial charge in [-0.05, 0) is 42.7 Å². The highest BCUT2D eigenvalue weighted by Gasteiger charge is 2.05. The number of benzene rings is 2. The van der Waals surface area contributed by atoms with Gasteiger partial charge >= 0.3 is 0 Å². The molecule has 0 radical (unpaired) electrons. The fraction of sp³-hybridized carbons (Fsp3) is 0.278. The number of ether oxygens (including phenoxy) is 2. The normalized spacial score (nSPS) is 10.8. The largest absolute Gasteiger partial charge is 0.493 e. The fourth-order valence-corrected chi connectivity index (χ4v) is 2.63. The predicted octanol–water partition coefficient (Wildman–Crippen LogP) is 4.58. The molecule has 0 aliphatic rings. The van der Waals surface area contributed by atoms with Crippen LogP contribution in [0.4, 0.5) is 10.1 Å². The Balaban J connectivity index is 0.00000338. The molecule has 142 valence electrons. The third-order valence-corrected chi connectivity index (χ3v) is 4.05. The Kier molecular flexibility index (Phi) is 9.71. The van der Waals surface area contributed by atoms with Crippen molar-refractivity contribution >= 4 is 51.6 Å². The van der Waals surface area contributed by atoms with Crippen LogP contribution >= 0.6 is 39.9 Å². The minimum absolute atomic E-state index is 0. The Morgan fingerprint density at radius 1 is 1.15 bits per heavy atom. The van der Waals surface area contributed by atoms with Crippen molar-refractivity contribution in [1.29, 1.82) is 0 Å². The maximum absolute atomic E-state index is 13.7. The van der Waals surface area contributed by atoms with E-state index in [1.807, 2.05) is 12.1 Å². The van der Waals surface area contributed by atoms with Crippen LogP contribution in [0.3, 0.4) is 0 Å². The highest BCUT2D eigenvalue weighted by atomic mass is 127. The van der Waals surface area contributed by atoms with Gasteiger partial charge in [-0.2, -0.15) is 0 Å². The van der Waals surface area contributed by atoms with E-state index in [4.69, 9.17) is 15.2 Å². The van der Waals surface area contributed by atoms with Crippen LogP contribution in [-0.2, 0) is 6.42 Å². The Bertz CT molecular complexity index is 759. The number of aliphatic imine (C=N–C) groups is 1. The van der Waals surface area contributed by atoms with Gasteiger partial charge in [-0.25, -0.2) is 4.39 Å². The zero-order chi connectivity index (χ0) is 18.2. The first-order valence-electron chi connectivity index (χ1n) is 7.76. The SMILES string of the molecule is COc1ccc(NC(N)=NCCCc2ccc(Br)cc2F)cc1OC.I. The third-order valence-electron chi connectivity index (χ3n) is 3.56. The number of nitrogens with one attached hydrogen (secondary N) is 1. The van der Waals surface area contributed by atoms with Crippen LogP contribution in [0, 0.1) is 5.82 Å². The molecule has 0 saturated heterocycles. The summed E-state index contributed by atoms with van der Waals surface area (Å²) in [6, 6.07) is 10.4. The van der Waals surface area contributed by atoms with Gasteiger partial charge in [-0.3, -0.25) is 4.99 Å². The molecular weight excluding hydrogens is 516 g/mol. The topological polar surface area (TPSA) is 68.9 Å². The summed E-state index contributed by atoms with van der Waals surface area (Å²) in [5, 5.41) is 3.00. The number of nitrogens with two attached hydrogens (primary N) is 1. The average molecular weight is 538 g/mol. The first-order valence-corrected chi connectivity index (χ1v) is 8.55. The van der Waals surface area contributed by atoms with Gasteiger partial charge in [0, 0.05) is 22.8 Å². The van der Waals surface area contributed by atoms with Crippen LogP contribution < -0.4 is 20.5 Å². The molecule has 3 N–H and O–H groups in total. The second-order valence-corrected chi connectivity index (χ2v) is 6.22. The van der Waals surface area contributed by atoms with Gasteiger partial charge in [0.05, 0.1) is 14.2 Å². The fourth-order valence-electron chi connectivity index (χ4n) is 2.29. The minimum atomic E-state index is -0.213. The summed E-state index contributed by atoms with van der Waals surface area (Å²) in [5.41, 5.74) is 7.30. The Hall–Kier alpha value is -1.55. The van der Waals surface area contributed by atoms with Crippen molar-refractivity contribution in [3.8, 4) is 11.5 Å². The van der Waals surface area contributed by atoms with E-state index in [2.05, 4.69) is 26.2 Å². The van der Waals surface area contributed by atoms with Crippen LogP contribution in [0.25, 0.3) is 0 Å². The maximum atomic E-state index is 13.7. The van der Waals surface area contributed by atoms with Crippen LogP contribution in [-0.4, -0.2) is 26.7 Å². The molecule has 2 aromatic rings. The van der Waals surface area contributed by atoms with E-state index < -0.39 is 0 Å². The predicted molar refractivity (Wildman–Crippen MR) is 117 cm³/mol. The second-order valence-electron chi connectivity index (χ2n) is 5.30. The molecule has 0 bridgehead atoms. The van der Waals surface area contributed by atoms with Crippen molar-refractivity contribution in [3.63, 3.8) is 0 Å². The lowest BCUT2D eigenvalue weighted by Crippen LogP contribution is -2.22. The van der Waals surface area contributed by atoms with Crippen molar-refractivity contribution in [2.24, 2.45) is 10.7 Å². The number of rotatable bonds is 7. The van der Waals surface area contributed by atoms with E-state index in [1.54, 1.807) is 32.4 Å². The van der Waals surface area contributed by atoms with Crippen molar-refractivity contribution in [2.45, 2.75) is 12.8 Å². The zero-order valence-corrected chi connectivity index (χ0v) is 18.5. The van der Waals surface area contributed by atoms with Gasteiger partial charge in [-0.15, -0.1) is 24.0 Å². The summed E-state index contributed by atoms with van der Waals surface area (Å²) >= 11 is 3.24. The van der Waals surface area contributed by atoms with Gasteiger partial charge in [0.15, 0.2) is 17.5 Å². The summed E-state index contributed by atoms with van der Waals surface area (Å²) in [5.74, 6) is 1.32. The van der Waals surface area contributed by atoms with E-state index in [-0.39, 0.29) is 29.8 Å². The number of hydrogen-bond acceptors (Lipinski definition) is 3. The van der Waals surface area contributed by atoms with Gasteiger partial charge in [0.2, 0.25) is 0 Å². The number of anilines is 1. The van der Waals surface area contributed by atoms with Crippen LogP contribution in [0.2, 0.25) is 0 Å². The van der Waals surface area contributed by atoms with E-state index in [0.29, 0.717) is 42.4 Å². The molecule has 0 aromatic heterocycles. The van der Waals surface area contributed by atoms with Crippen LogP contribution in [0.1, 0.15) is 12.0 Å². The summed E-state index contributed by atoms with van der Waals surface area (Å²) in [6.45, 7) is 0.502. The molecule has 2 rings (SSSR count). The van der Waals surface area contributed by atoms with E-state index in [1.165, 1.54) is 6.07 Å². The molecular formula is C18H22BrFIN3O2. The third kappa shape index (κ3) is 6.64. The second kappa shape index (κ2) is 11.2. The first-order chi connectivity index (χ1) is 12.0. The molecule has 0 fully saturated rings. The van der Waals surface area contributed by atoms with Gasteiger partial charge in [0.1, 0.15) is 5.82 Å². The number of methoxy groups -OCH3 is 2. The Morgan fingerprint density at radius 3 is 2.54 bits per heavy atom. The lowest BCUT2D eigenvalue weighted by molar-refractivity contribution is 0.355. The molecule has 8 heteroatoms. The summed E-state index contributed by atoms with van der Waals surface area (Å²) in [7, 11) is 3.15. The highest BCUT2D eigenvalue weighted by Crippen LogP contribution is 2.29. The highest BCUT2D eigenvalue weighted by molar-refractivity contribution is 14.0. The van der Waals surface area contributed by atoms with Gasteiger partial charge in [-0.1, -0.05) is 22.0 Å². The molecule has 2 aromatic carbocycles. The molecule has 0 spiro atoms. The van der Waals surface area contributed by atoms with Crippen molar-refractivity contribution < 1.29 is 13.9 Å². The minimum Gasteiger partial charge on any atom is -0.493 e. The first kappa shape index (κ1) is 22.5. The molecule has 0 aliphatic heterocycles. The zero-order valence-electron chi connectivity index (χ0n) is 14.6. The van der Waals surface area contributed by atoms with Crippen molar-refractivity contribution in [1.82, 2.24) is 0 Å². The number of aryl methyl sites for hydroxylation is 1. The quantitative estimate of drug-likeness (QED) is 0.235. The Labute approximate surface area is 178 Å². The van der Waals surface area contributed by atoms with E-state index in [0.717, 1.165) is 10.2 Å². The van der Waals surface area contributed by atoms with Crippen molar-refractivity contribution in [2.75, 3.05) is 26.1 Å². The molecule has 0 aliphatic carbocycles. The molecule has 0 heterocycles. The number of nitrogens with zero attached hydrogens (tertiary/aromatic N) is 1. The number of hydrogen-bond donors (Lipinski definition) is 2. The van der Waals surface area contributed by atoms with E-state index >= 15 is 0 Å². The van der Waals surface area contributed by atoms with E-state index in [9.17, 15) is 4.39 Å². The van der Waals surface area contributed by atoms with Gasteiger partial charge in [0.25, 0.3) is 0 Å². The summed E-state index contributed by atoms with van der Waals surface area (Å²) in [4.78, 5) is 4.26. The molecule has 26 heavy (non-hydrogen) atoms. The summed E-state index contributed by atoms with van der Waals surface area (Å²) < 4.78 is 24.9. The molecule has 5 nitrogen and oxygen atoms in total. The molecule has 0 saturated carbocycles. The molecule has 0 amide bonds. The monoisotopic (exact) mass is 537 g/mol. The standard InChI is InChI=1S/C18H21BrFN3O2.HI/c1-24-16-8-7-14(11-17(16)25-2)23-18(21)22-9-3-4-12-5-6-13(19)10-15(12)20;/h5-8,10-11H,3-4,9H2,1-2H3,(H3,21,22,23);1H. The maximum Gasteiger partial charge on any atom is 0.193 e.